The van der Waals surface area contributed by atoms with Crippen molar-refractivity contribution in [2.24, 2.45) is 5.73 Å². The molecule has 4 N–H and O–H groups in total. The first kappa shape index (κ1) is 17.6. The average molecular weight is 328 g/mol. The summed E-state index contributed by atoms with van der Waals surface area (Å²) in [5.41, 5.74) is 5.73. The number of hydrogen-bond donors (Lipinski definition) is 3. The van der Waals surface area contributed by atoms with Crippen LogP contribution in [0.3, 0.4) is 0 Å². The number of urea groups is 1. The molecule has 0 aliphatic carbocycles. The number of β-amino-alcohol motifs (C(OH)–C–C–N with tert-alkyl or cyclic N) is 1. The van der Waals surface area contributed by atoms with Gasteiger partial charge >= 0.3 is 6.03 Å². The molecule has 0 radical (unpaired) electrons. The van der Waals surface area contributed by atoms with Crippen LogP contribution in [0.5, 0.6) is 0 Å². The van der Waals surface area contributed by atoms with E-state index in [0.717, 1.165) is 26.2 Å². The molecule has 0 aromatic heterocycles. The molecule has 2 rings (SSSR count). The number of nitrogens with one attached hydrogen (secondary N) is 1. The van der Waals surface area contributed by atoms with Gasteiger partial charge in [-0.25, -0.2) is 13.6 Å². The number of primary amides is 1. The van der Waals surface area contributed by atoms with Crippen LogP contribution in [0.4, 0.5) is 19.3 Å². The third-order valence-corrected chi connectivity index (χ3v) is 3.92. The van der Waals surface area contributed by atoms with E-state index in [0.29, 0.717) is 18.7 Å². The van der Waals surface area contributed by atoms with Gasteiger partial charge in [0.1, 0.15) is 0 Å². The van der Waals surface area contributed by atoms with E-state index in [2.05, 4.69) is 15.1 Å². The standard InChI is InChI=1S/C15H22F2N4O2/c16-14(17)13-9-12(19-15(18)23)2-1-11(13)10-21-5-3-20(4-6-21)7-8-22/h1-2,9,14,22H,3-8,10H2,(H3,18,19,23). The second kappa shape index (κ2) is 8.19. The smallest absolute Gasteiger partial charge is 0.316 e. The normalized spacial score (nSPS) is 16.7. The predicted molar refractivity (Wildman–Crippen MR) is 83.4 cm³/mol. The minimum Gasteiger partial charge on any atom is -0.395 e. The number of amides is 2. The summed E-state index contributed by atoms with van der Waals surface area (Å²) >= 11 is 0. The predicted octanol–water partition coefficient (Wildman–Crippen LogP) is 1.22. The van der Waals surface area contributed by atoms with Gasteiger partial charge in [-0.2, -0.15) is 0 Å². The molecule has 1 aromatic rings. The molecule has 1 aromatic carbocycles. The van der Waals surface area contributed by atoms with Crippen molar-refractivity contribution in [2.45, 2.75) is 13.0 Å². The zero-order chi connectivity index (χ0) is 16.8. The number of aliphatic hydroxyl groups excluding tert-OH is 1. The Labute approximate surface area is 133 Å². The van der Waals surface area contributed by atoms with Crippen molar-refractivity contribution in [3.05, 3.63) is 29.3 Å². The zero-order valence-corrected chi connectivity index (χ0v) is 12.8. The second-order valence-electron chi connectivity index (χ2n) is 5.54. The molecule has 1 aliphatic heterocycles. The lowest BCUT2D eigenvalue weighted by molar-refractivity contribution is 0.106. The maximum Gasteiger partial charge on any atom is 0.316 e. The Morgan fingerprint density at radius 3 is 2.48 bits per heavy atom. The lowest BCUT2D eigenvalue weighted by Gasteiger charge is -2.34. The van der Waals surface area contributed by atoms with Gasteiger partial charge in [-0.05, 0) is 17.7 Å². The van der Waals surface area contributed by atoms with Crippen LogP contribution in [0, 0.1) is 0 Å². The Hall–Kier alpha value is -1.77. The molecule has 128 valence electrons. The number of anilines is 1. The molecule has 1 heterocycles. The number of rotatable bonds is 6. The highest BCUT2D eigenvalue weighted by Crippen LogP contribution is 2.27. The fourth-order valence-corrected chi connectivity index (χ4v) is 2.72. The summed E-state index contributed by atoms with van der Waals surface area (Å²) in [6, 6.07) is 3.67. The summed E-state index contributed by atoms with van der Waals surface area (Å²) in [5.74, 6) is 0. The number of halogens is 2. The number of piperazine rings is 1. The number of hydrogen-bond acceptors (Lipinski definition) is 4. The molecule has 0 atom stereocenters. The van der Waals surface area contributed by atoms with Gasteiger partial charge in [-0.1, -0.05) is 6.07 Å². The van der Waals surface area contributed by atoms with E-state index in [1.165, 1.54) is 6.07 Å². The summed E-state index contributed by atoms with van der Waals surface area (Å²) in [5, 5.41) is 11.2. The molecule has 1 aliphatic rings. The number of nitrogens with zero attached hydrogens (tertiary/aromatic N) is 2. The Morgan fingerprint density at radius 1 is 1.26 bits per heavy atom. The van der Waals surface area contributed by atoms with Crippen LogP contribution in [0.2, 0.25) is 0 Å². The highest BCUT2D eigenvalue weighted by molar-refractivity contribution is 5.87. The Bertz CT molecular complexity index is 534. The fraction of sp³-hybridized carbons (Fsp3) is 0.533. The van der Waals surface area contributed by atoms with Gasteiger partial charge in [-0.3, -0.25) is 9.80 Å². The van der Waals surface area contributed by atoms with Crippen molar-refractivity contribution < 1.29 is 18.7 Å². The number of carbonyl (C=O) groups excluding carboxylic acids is 1. The van der Waals surface area contributed by atoms with Gasteiger partial charge in [0.2, 0.25) is 0 Å². The molecular formula is C15H22F2N4O2. The monoisotopic (exact) mass is 328 g/mol. The van der Waals surface area contributed by atoms with E-state index in [4.69, 9.17) is 10.8 Å². The summed E-state index contributed by atoms with van der Waals surface area (Å²) < 4.78 is 26.5. The van der Waals surface area contributed by atoms with Crippen LogP contribution in [0.1, 0.15) is 17.6 Å². The van der Waals surface area contributed by atoms with E-state index in [1.807, 2.05) is 0 Å². The van der Waals surface area contributed by atoms with Crippen molar-refractivity contribution in [2.75, 3.05) is 44.6 Å². The molecule has 0 spiro atoms. The molecule has 1 saturated heterocycles. The molecule has 6 nitrogen and oxygen atoms in total. The topological polar surface area (TPSA) is 81.8 Å². The third kappa shape index (κ3) is 5.12. The molecule has 0 bridgehead atoms. The second-order valence-corrected chi connectivity index (χ2v) is 5.54. The largest absolute Gasteiger partial charge is 0.395 e. The third-order valence-electron chi connectivity index (χ3n) is 3.92. The number of aliphatic hydroxyl groups is 1. The SMILES string of the molecule is NC(=O)Nc1ccc(CN2CCN(CCO)CC2)c(C(F)F)c1. The van der Waals surface area contributed by atoms with E-state index in [1.54, 1.807) is 12.1 Å². The number of nitrogens with two attached hydrogens (primary N) is 1. The fourth-order valence-electron chi connectivity index (χ4n) is 2.72. The van der Waals surface area contributed by atoms with Crippen molar-refractivity contribution >= 4 is 11.7 Å². The zero-order valence-electron chi connectivity index (χ0n) is 12.8. The molecule has 8 heteroatoms. The Kier molecular flexibility index (Phi) is 6.26. The summed E-state index contributed by atoms with van der Waals surface area (Å²) in [4.78, 5) is 15.1. The van der Waals surface area contributed by atoms with Crippen molar-refractivity contribution in [3.63, 3.8) is 0 Å². The minimum absolute atomic E-state index is 0.0889. The quantitative estimate of drug-likeness (QED) is 0.733. The minimum atomic E-state index is -2.62. The highest BCUT2D eigenvalue weighted by Gasteiger charge is 2.20. The first-order chi connectivity index (χ1) is 11.0. The van der Waals surface area contributed by atoms with Crippen molar-refractivity contribution in [1.82, 2.24) is 9.80 Å². The summed E-state index contributed by atoms with van der Waals surface area (Å²) in [6.45, 7) is 4.36. The summed E-state index contributed by atoms with van der Waals surface area (Å²) in [7, 11) is 0. The lowest BCUT2D eigenvalue weighted by atomic mass is 10.1. The number of carbonyl (C=O) groups is 1. The van der Waals surface area contributed by atoms with Crippen LogP contribution in [0.25, 0.3) is 0 Å². The Balaban J connectivity index is 2.03. The van der Waals surface area contributed by atoms with Crippen LogP contribution < -0.4 is 11.1 Å². The van der Waals surface area contributed by atoms with Crippen molar-refractivity contribution in [3.8, 4) is 0 Å². The van der Waals surface area contributed by atoms with Crippen LogP contribution in [-0.2, 0) is 6.54 Å². The highest BCUT2D eigenvalue weighted by atomic mass is 19.3. The molecular weight excluding hydrogens is 306 g/mol. The molecule has 23 heavy (non-hydrogen) atoms. The first-order valence-electron chi connectivity index (χ1n) is 7.52. The van der Waals surface area contributed by atoms with Gasteiger partial charge in [0.25, 0.3) is 6.43 Å². The molecule has 1 fully saturated rings. The van der Waals surface area contributed by atoms with Crippen LogP contribution in [-0.4, -0.2) is 60.3 Å². The van der Waals surface area contributed by atoms with Crippen LogP contribution in [0.15, 0.2) is 18.2 Å². The average Bonchev–Trinajstić information content (AvgIpc) is 2.50. The van der Waals surface area contributed by atoms with Gasteiger partial charge in [-0.15, -0.1) is 0 Å². The van der Waals surface area contributed by atoms with Gasteiger partial charge in [0.05, 0.1) is 6.61 Å². The van der Waals surface area contributed by atoms with Crippen LogP contribution >= 0.6 is 0 Å². The Morgan fingerprint density at radius 2 is 1.91 bits per heavy atom. The van der Waals surface area contributed by atoms with Crippen molar-refractivity contribution in [1.29, 1.82) is 0 Å². The maximum absolute atomic E-state index is 13.3. The molecule has 2 amide bonds. The van der Waals surface area contributed by atoms with E-state index in [9.17, 15) is 13.6 Å². The van der Waals surface area contributed by atoms with Gasteiger partial charge < -0.3 is 16.2 Å². The first-order valence-corrected chi connectivity index (χ1v) is 7.52. The van der Waals surface area contributed by atoms with Gasteiger partial charge in [0.15, 0.2) is 0 Å². The number of alkyl halides is 2. The summed E-state index contributed by atoms with van der Waals surface area (Å²) in [6.07, 6.45) is -2.62. The van der Waals surface area contributed by atoms with E-state index >= 15 is 0 Å². The number of benzene rings is 1. The van der Waals surface area contributed by atoms with E-state index in [-0.39, 0.29) is 17.9 Å². The maximum atomic E-state index is 13.3. The lowest BCUT2D eigenvalue weighted by Crippen LogP contribution is -2.46. The molecule has 0 saturated carbocycles. The van der Waals surface area contributed by atoms with E-state index < -0.39 is 12.5 Å². The molecule has 0 unspecified atom stereocenters. The van der Waals surface area contributed by atoms with Gasteiger partial charge in [0, 0.05) is 50.5 Å².